The van der Waals surface area contributed by atoms with E-state index in [-0.39, 0.29) is 5.91 Å². The monoisotopic (exact) mass is 370 g/mol. The van der Waals surface area contributed by atoms with Gasteiger partial charge in [-0.15, -0.1) is 0 Å². The van der Waals surface area contributed by atoms with Gasteiger partial charge in [-0.05, 0) is 37.1 Å². The fourth-order valence-electron chi connectivity index (χ4n) is 3.72. The summed E-state index contributed by atoms with van der Waals surface area (Å²) in [5.41, 5.74) is 2.88. The molecule has 1 aromatic heterocycles. The molecular formula is C20H23ClN4O. The molecule has 1 amide bonds. The maximum Gasteiger partial charge on any atom is 0.255 e. The van der Waals surface area contributed by atoms with E-state index in [0.717, 1.165) is 68.5 Å². The van der Waals surface area contributed by atoms with Crippen LogP contribution in [-0.4, -0.2) is 55.1 Å². The number of carbonyl (C=O) groups is 1. The Morgan fingerprint density at radius 2 is 1.58 bits per heavy atom. The van der Waals surface area contributed by atoms with Crippen LogP contribution in [0.25, 0.3) is 0 Å². The molecule has 0 unspecified atom stereocenters. The van der Waals surface area contributed by atoms with Crippen molar-refractivity contribution in [3.8, 4) is 0 Å². The number of likely N-dealkylation sites (tertiary alicyclic amines) is 1. The van der Waals surface area contributed by atoms with Crippen LogP contribution in [0.15, 0.2) is 42.7 Å². The van der Waals surface area contributed by atoms with E-state index in [9.17, 15) is 4.79 Å². The van der Waals surface area contributed by atoms with Crippen LogP contribution in [0.2, 0.25) is 5.02 Å². The molecule has 6 heteroatoms. The molecule has 0 bridgehead atoms. The van der Waals surface area contributed by atoms with Crippen LogP contribution < -0.4 is 9.80 Å². The van der Waals surface area contributed by atoms with E-state index in [1.165, 1.54) is 0 Å². The molecule has 2 saturated heterocycles. The summed E-state index contributed by atoms with van der Waals surface area (Å²) < 4.78 is 0. The van der Waals surface area contributed by atoms with Gasteiger partial charge in [-0.25, -0.2) is 0 Å². The van der Waals surface area contributed by atoms with E-state index in [4.69, 9.17) is 11.6 Å². The molecule has 0 spiro atoms. The van der Waals surface area contributed by atoms with E-state index in [2.05, 4.69) is 20.9 Å². The topological polar surface area (TPSA) is 39.7 Å². The van der Waals surface area contributed by atoms with Crippen LogP contribution >= 0.6 is 11.6 Å². The first-order valence-corrected chi connectivity index (χ1v) is 9.58. The second-order valence-electron chi connectivity index (χ2n) is 6.89. The Morgan fingerprint density at radius 1 is 0.885 bits per heavy atom. The number of carbonyl (C=O) groups excluding carboxylic acids is 1. The second kappa shape index (κ2) is 7.54. The summed E-state index contributed by atoms with van der Waals surface area (Å²) in [6.07, 6.45) is 5.75. The highest BCUT2D eigenvalue weighted by Crippen LogP contribution is 2.23. The van der Waals surface area contributed by atoms with Crippen LogP contribution in [0, 0.1) is 0 Å². The van der Waals surface area contributed by atoms with E-state index < -0.39 is 0 Å². The molecule has 26 heavy (non-hydrogen) atoms. The van der Waals surface area contributed by atoms with Crippen molar-refractivity contribution >= 4 is 28.9 Å². The molecule has 5 nitrogen and oxygen atoms in total. The number of rotatable bonds is 3. The van der Waals surface area contributed by atoms with Gasteiger partial charge >= 0.3 is 0 Å². The number of pyridine rings is 1. The third-order valence-electron chi connectivity index (χ3n) is 5.18. The van der Waals surface area contributed by atoms with Crippen molar-refractivity contribution in [2.75, 3.05) is 49.1 Å². The molecule has 136 valence electrons. The SMILES string of the molecule is O=C(c1cncc(N2CCN(c3cccc(Cl)c3)CC2)c1)N1CCCC1. The molecule has 4 rings (SSSR count). The highest BCUT2D eigenvalue weighted by atomic mass is 35.5. The van der Waals surface area contributed by atoms with Crippen LogP contribution in [0.1, 0.15) is 23.2 Å². The number of nitrogens with zero attached hydrogens (tertiary/aromatic N) is 4. The lowest BCUT2D eigenvalue weighted by Crippen LogP contribution is -2.46. The zero-order chi connectivity index (χ0) is 17.9. The van der Waals surface area contributed by atoms with E-state index >= 15 is 0 Å². The first-order valence-electron chi connectivity index (χ1n) is 9.20. The molecule has 2 aliphatic heterocycles. The van der Waals surface area contributed by atoms with Gasteiger partial charge in [-0.3, -0.25) is 9.78 Å². The van der Waals surface area contributed by atoms with Crippen molar-refractivity contribution in [3.63, 3.8) is 0 Å². The smallest absolute Gasteiger partial charge is 0.255 e. The quantitative estimate of drug-likeness (QED) is 0.831. The fourth-order valence-corrected chi connectivity index (χ4v) is 3.90. The Bertz CT molecular complexity index is 783. The minimum absolute atomic E-state index is 0.106. The number of aromatic nitrogens is 1. The minimum atomic E-state index is 0.106. The summed E-state index contributed by atoms with van der Waals surface area (Å²) in [4.78, 5) is 23.5. The predicted octanol–water partition coefficient (Wildman–Crippen LogP) is 3.30. The average Bonchev–Trinajstić information content (AvgIpc) is 3.22. The molecule has 1 aromatic carbocycles. The maximum absolute atomic E-state index is 12.6. The Labute approximate surface area is 159 Å². The molecule has 2 fully saturated rings. The number of hydrogen-bond donors (Lipinski definition) is 0. The lowest BCUT2D eigenvalue weighted by molar-refractivity contribution is 0.0792. The summed E-state index contributed by atoms with van der Waals surface area (Å²) in [5.74, 6) is 0.106. The fraction of sp³-hybridized carbons (Fsp3) is 0.400. The van der Waals surface area contributed by atoms with Gasteiger partial charge in [-0.2, -0.15) is 0 Å². The minimum Gasteiger partial charge on any atom is -0.368 e. The normalized spacial score (nSPS) is 17.7. The van der Waals surface area contributed by atoms with Crippen molar-refractivity contribution < 1.29 is 4.79 Å². The summed E-state index contributed by atoms with van der Waals surface area (Å²) in [7, 11) is 0. The summed E-state index contributed by atoms with van der Waals surface area (Å²) >= 11 is 6.11. The maximum atomic E-state index is 12.6. The van der Waals surface area contributed by atoms with Crippen molar-refractivity contribution in [1.29, 1.82) is 0 Å². The van der Waals surface area contributed by atoms with Crippen LogP contribution in [0.5, 0.6) is 0 Å². The van der Waals surface area contributed by atoms with Gasteiger partial charge in [0, 0.05) is 56.2 Å². The van der Waals surface area contributed by atoms with Crippen molar-refractivity contribution in [3.05, 3.63) is 53.3 Å². The summed E-state index contributed by atoms with van der Waals surface area (Å²) in [5, 5.41) is 0.766. The standard InChI is InChI=1S/C20H23ClN4O/c21-17-4-3-5-18(13-17)23-8-10-24(11-9-23)19-12-16(14-22-15-19)20(26)25-6-1-2-7-25/h3-5,12-15H,1-2,6-11H2. The Balaban J connectivity index is 1.43. The number of benzene rings is 1. The predicted molar refractivity (Wildman–Crippen MR) is 105 cm³/mol. The third-order valence-corrected chi connectivity index (χ3v) is 5.42. The number of hydrogen-bond acceptors (Lipinski definition) is 4. The van der Waals surface area contributed by atoms with Gasteiger partial charge in [0.2, 0.25) is 0 Å². The first-order chi connectivity index (χ1) is 12.7. The van der Waals surface area contributed by atoms with Crippen LogP contribution in [0.4, 0.5) is 11.4 Å². The molecule has 0 aliphatic carbocycles. The molecule has 0 N–H and O–H groups in total. The Kier molecular flexibility index (Phi) is 4.98. The first kappa shape index (κ1) is 17.2. The van der Waals surface area contributed by atoms with E-state index in [0.29, 0.717) is 5.56 Å². The highest BCUT2D eigenvalue weighted by Gasteiger charge is 2.22. The summed E-state index contributed by atoms with van der Waals surface area (Å²) in [6.45, 7) is 5.36. The largest absolute Gasteiger partial charge is 0.368 e. The molecule has 3 heterocycles. The van der Waals surface area contributed by atoms with Crippen LogP contribution in [-0.2, 0) is 0 Å². The zero-order valence-corrected chi connectivity index (χ0v) is 15.5. The number of halogens is 1. The van der Waals surface area contributed by atoms with E-state index in [1.54, 1.807) is 6.20 Å². The zero-order valence-electron chi connectivity index (χ0n) is 14.8. The van der Waals surface area contributed by atoms with Gasteiger partial charge < -0.3 is 14.7 Å². The van der Waals surface area contributed by atoms with Crippen molar-refractivity contribution in [2.45, 2.75) is 12.8 Å². The van der Waals surface area contributed by atoms with Crippen molar-refractivity contribution in [2.24, 2.45) is 0 Å². The van der Waals surface area contributed by atoms with Gasteiger partial charge in [0.1, 0.15) is 0 Å². The lowest BCUT2D eigenvalue weighted by Gasteiger charge is -2.37. The van der Waals surface area contributed by atoms with Crippen molar-refractivity contribution in [1.82, 2.24) is 9.88 Å². The molecule has 0 atom stereocenters. The average molecular weight is 371 g/mol. The molecule has 0 saturated carbocycles. The Hall–Kier alpha value is -2.27. The van der Waals surface area contributed by atoms with Gasteiger partial charge in [0.05, 0.1) is 17.4 Å². The van der Waals surface area contributed by atoms with Crippen LogP contribution in [0.3, 0.4) is 0 Å². The Morgan fingerprint density at radius 3 is 2.27 bits per heavy atom. The van der Waals surface area contributed by atoms with Gasteiger partial charge in [0.15, 0.2) is 0 Å². The number of anilines is 2. The summed E-state index contributed by atoms with van der Waals surface area (Å²) in [6, 6.07) is 9.98. The molecular weight excluding hydrogens is 348 g/mol. The van der Waals surface area contributed by atoms with Gasteiger partial charge in [0.25, 0.3) is 5.91 Å². The number of amides is 1. The third kappa shape index (κ3) is 3.63. The highest BCUT2D eigenvalue weighted by molar-refractivity contribution is 6.30. The molecule has 0 radical (unpaired) electrons. The molecule has 2 aliphatic rings. The second-order valence-corrected chi connectivity index (χ2v) is 7.32. The number of piperazine rings is 1. The lowest BCUT2D eigenvalue weighted by atomic mass is 10.2. The van der Waals surface area contributed by atoms with E-state index in [1.807, 2.05) is 35.4 Å². The van der Waals surface area contributed by atoms with Gasteiger partial charge in [-0.1, -0.05) is 17.7 Å². The molecule has 2 aromatic rings.